The standard InChI is InChI=1S/C24H26N4O2/c29-23(14-13-22-25-24(26-30-22)21-11-5-2-6-12-21)28-18-16-27(17-19-28)15-7-10-20-8-3-1-4-9-20/h1-12H,13-19H2/b10-7+. The lowest BCUT2D eigenvalue weighted by molar-refractivity contribution is -0.132. The fraction of sp³-hybridized carbons (Fsp3) is 0.292. The predicted molar refractivity (Wildman–Crippen MR) is 117 cm³/mol. The Bertz CT molecular complexity index is 961. The molecule has 2 aromatic carbocycles. The first-order valence-corrected chi connectivity index (χ1v) is 10.4. The second-order valence-corrected chi connectivity index (χ2v) is 7.37. The predicted octanol–water partition coefficient (Wildman–Crippen LogP) is 3.53. The summed E-state index contributed by atoms with van der Waals surface area (Å²) in [6.07, 6.45) is 5.20. The summed E-state index contributed by atoms with van der Waals surface area (Å²) >= 11 is 0. The zero-order valence-electron chi connectivity index (χ0n) is 17.0. The molecule has 2 heterocycles. The number of carbonyl (C=O) groups is 1. The van der Waals surface area contributed by atoms with Crippen LogP contribution in [0.25, 0.3) is 17.5 Å². The molecule has 0 saturated carbocycles. The van der Waals surface area contributed by atoms with Gasteiger partial charge in [-0.2, -0.15) is 4.98 Å². The highest BCUT2D eigenvalue weighted by molar-refractivity contribution is 5.76. The van der Waals surface area contributed by atoms with Crippen molar-refractivity contribution in [3.05, 3.63) is 78.2 Å². The highest BCUT2D eigenvalue weighted by atomic mass is 16.5. The van der Waals surface area contributed by atoms with E-state index in [2.05, 4.69) is 39.3 Å². The van der Waals surface area contributed by atoms with Crippen LogP contribution in [0, 0.1) is 0 Å². The molecule has 1 aromatic heterocycles. The first kappa shape index (κ1) is 20.0. The first-order valence-electron chi connectivity index (χ1n) is 10.4. The van der Waals surface area contributed by atoms with E-state index >= 15 is 0 Å². The van der Waals surface area contributed by atoms with Gasteiger partial charge in [0.05, 0.1) is 0 Å². The third-order valence-corrected chi connectivity index (χ3v) is 5.25. The first-order chi connectivity index (χ1) is 14.8. The third kappa shape index (κ3) is 5.42. The summed E-state index contributed by atoms with van der Waals surface area (Å²) in [5.41, 5.74) is 2.12. The van der Waals surface area contributed by atoms with Gasteiger partial charge in [-0.15, -0.1) is 0 Å². The molecule has 0 radical (unpaired) electrons. The number of hydrogen-bond donors (Lipinski definition) is 0. The van der Waals surface area contributed by atoms with Crippen LogP contribution in [0.1, 0.15) is 17.9 Å². The van der Waals surface area contributed by atoms with Gasteiger partial charge in [-0.3, -0.25) is 9.69 Å². The molecule has 1 saturated heterocycles. The zero-order chi connectivity index (χ0) is 20.6. The largest absolute Gasteiger partial charge is 0.340 e. The van der Waals surface area contributed by atoms with Crippen LogP contribution in [-0.4, -0.2) is 58.6 Å². The molecule has 30 heavy (non-hydrogen) atoms. The van der Waals surface area contributed by atoms with Crippen molar-refractivity contribution >= 4 is 12.0 Å². The third-order valence-electron chi connectivity index (χ3n) is 5.25. The van der Waals surface area contributed by atoms with E-state index in [4.69, 9.17) is 4.52 Å². The lowest BCUT2D eigenvalue weighted by Crippen LogP contribution is -2.48. The Kier molecular flexibility index (Phi) is 6.67. The lowest BCUT2D eigenvalue weighted by Gasteiger charge is -2.34. The minimum absolute atomic E-state index is 0.147. The summed E-state index contributed by atoms with van der Waals surface area (Å²) in [4.78, 5) is 21.3. The number of benzene rings is 2. The second-order valence-electron chi connectivity index (χ2n) is 7.37. The molecular formula is C24H26N4O2. The maximum Gasteiger partial charge on any atom is 0.227 e. The van der Waals surface area contributed by atoms with Gasteiger partial charge in [-0.05, 0) is 5.56 Å². The van der Waals surface area contributed by atoms with Crippen molar-refractivity contribution in [3.8, 4) is 11.4 Å². The minimum atomic E-state index is 0.147. The smallest absolute Gasteiger partial charge is 0.227 e. The molecule has 1 fully saturated rings. The van der Waals surface area contributed by atoms with Crippen molar-refractivity contribution in [2.24, 2.45) is 0 Å². The van der Waals surface area contributed by atoms with Crippen molar-refractivity contribution in [1.29, 1.82) is 0 Å². The van der Waals surface area contributed by atoms with Crippen molar-refractivity contribution in [3.63, 3.8) is 0 Å². The molecule has 1 amide bonds. The number of carbonyl (C=O) groups excluding carboxylic acids is 1. The zero-order valence-corrected chi connectivity index (χ0v) is 17.0. The molecule has 0 aliphatic carbocycles. The molecule has 154 valence electrons. The number of aryl methyl sites for hydroxylation is 1. The molecule has 1 aliphatic rings. The summed E-state index contributed by atoms with van der Waals surface area (Å²) in [7, 11) is 0. The van der Waals surface area contributed by atoms with E-state index in [0.29, 0.717) is 24.6 Å². The van der Waals surface area contributed by atoms with Crippen molar-refractivity contribution in [1.82, 2.24) is 19.9 Å². The summed E-state index contributed by atoms with van der Waals surface area (Å²) in [6, 6.07) is 20.0. The molecule has 0 unspecified atom stereocenters. The Hall–Kier alpha value is -3.25. The Labute approximate surface area is 176 Å². The van der Waals surface area contributed by atoms with Crippen LogP contribution < -0.4 is 0 Å². The molecule has 0 spiro atoms. The number of piperazine rings is 1. The van der Waals surface area contributed by atoms with Gasteiger partial charge in [0, 0.05) is 51.1 Å². The van der Waals surface area contributed by atoms with Gasteiger partial charge in [-0.25, -0.2) is 0 Å². The van der Waals surface area contributed by atoms with Gasteiger partial charge in [0.1, 0.15) is 0 Å². The van der Waals surface area contributed by atoms with Crippen molar-refractivity contribution in [2.45, 2.75) is 12.8 Å². The Morgan fingerprint density at radius 3 is 2.40 bits per heavy atom. The van der Waals surface area contributed by atoms with Gasteiger partial charge >= 0.3 is 0 Å². The highest BCUT2D eigenvalue weighted by Gasteiger charge is 2.21. The van der Waals surface area contributed by atoms with Crippen molar-refractivity contribution in [2.75, 3.05) is 32.7 Å². The number of rotatable bonds is 7. The van der Waals surface area contributed by atoms with Crippen LogP contribution >= 0.6 is 0 Å². The molecule has 6 heteroatoms. The molecule has 0 bridgehead atoms. The number of nitrogens with zero attached hydrogens (tertiary/aromatic N) is 4. The topological polar surface area (TPSA) is 62.5 Å². The van der Waals surface area contributed by atoms with Crippen LogP contribution in [0.15, 0.2) is 71.3 Å². The fourth-order valence-electron chi connectivity index (χ4n) is 3.51. The molecule has 0 atom stereocenters. The number of amides is 1. The fourth-order valence-corrected chi connectivity index (χ4v) is 3.51. The summed E-state index contributed by atoms with van der Waals surface area (Å²) in [5.74, 6) is 1.22. The van der Waals surface area contributed by atoms with Gasteiger partial charge in [0.2, 0.25) is 17.6 Å². The van der Waals surface area contributed by atoms with E-state index in [0.717, 1.165) is 38.3 Å². The minimum Gasteiger partial charge on any atom is -0.340 e. The molecule has 3 aromatic rings. The number of aromatic nitrogens is 2. The average Bonchev–Trinajstić information content (AvgIpc) is 3.28. The van der Waals surface area contributed by atoms with E-state index in [1.54, 1.807) is 0 Å². The van der Waals surface area contributed by atoms with Crippen LogP contribution in [-0.2, 0) is 11.2 Å². The van der Waals surface area contributed by atoms with Crippen LogP contribution in [0.5, 0.6) is 0 Å². The van der Waals surface area contributed by atoms with E-state index in [-0.39, 0.29) is 5.91 Å². The highest BCUT2D eigenvalue weighted by Crippen LogP contribution is 2.16. The normalized spacial score (nSPS) is 15.0. The summed E-state index contributed by atoms with van der Waals surface area (Å²) in [6.45, 7) is 4.21. The summed E-state index contributed by atoms with van der Waals surface area (Å²) < 4.78 is 5.31. The van der Waals surface area contributed by atoms with Gasteiger partial charge < -0.3 is 9.42 Å². The Balaban J connectivity index is 1.19. The van der Waals surface area contributed by atoms with E-state index in [9.17, 15) is 4.79 Å². The van der Waals surface area contributed by atoms with Crippen LogP contribution in [0.3, 0.4) is 0 Å². The van der Waals surface area contributed by atoms with E-state index in [1.807, 2.05) is 53.4 Å². The molecule has 4 rings (SSSR count). The SMILES string of the molecule is O=C(CCc1nc(-c2ccccc2)no1)N1CCN(C/C=C/c2ccccc2)CC1. The molecule has 1 aliphatic heterocycles. The summed E-state index contributed by atoms with van der Waals surface area (Å²) in [5, 5.41) is 4.01. The molecule has 6 nitrogen and oxygen atoms in total. The molecule has 0 N–H and O–H groups in total. The quantitative estimate of drug-likeness (QED) is 0.605. The monoisotopic (exact) mass is 402 g/mol. The lowest BCUT2D eigenvalue weighted by atomic mass is 10.2. The van der Waals surface area contributed by atoms with Gasteiger partial charge in [-0.1, -0.05) is 78.0 Å². The maximum atomic E-state index is 12.6. The van der Waals surface area contributed by atoms with Crippen molar-refractivity contribution < 1.29 is 9.32 Å². The van der Waals surface area contributed by atoms with Crippen LogP contribution in [0.4, 0.5) is 0 Å². The van der Waals surface area contributed by atoms with Gasteiger partial charge in [0.15, 0.2) is 0 Å². The second kappa shape index (κ2) is 9.98. The Morgan fingerprint density at radius 2 is 1.67 bits per heavy atom. The van der Waals surface area contributed by atoms with E-state index in [1.165, 1.54) is 5.56 Å². The average molecular weight is 402 g/mol. The van der Waals surface area contributed by atoms with E-state index < -0.39 is 0 Å². The van der Waals surface area contributed by atoms with Crippen LogP contribution in [0.2, 0.25) is 0 Å². The maximum absolute atomic E-state index is 12.6. The Morgan fingerprint density at radius 1 is 0.967 bits per heavy atom. The van der Waals surface area contributed by atoms with Gasteiger partial charge in [0.25, 0.3) is 0 Å². The molecular weight excluding hydrogens is 376 g/mol. The number of hydrogen-bond acceptors (Lipinski definition) is 5.